The number of aromatic nitrogens is 1. The molecule has 3 N–H and O–H groups in total. The first-order chi connectivity index (χ1) is 17.9. The van der Waals surface area contributed by atoms with Crippen LogP contribution in [0.15, 0.2) is 42.5 Å². The Hall–Kier alpha value is -3.88. The van der Waals surface area contributed by atoms with Gasteiger partial charge in [0, 0.05) is 40.7 Å². The molecule has 1 aromatic heterocycles. The van der Waals surface area contributed by atoms with E-state index in [0.717, 1.165) is 16.7 Å². The fourth-order valence-corrected chi connectivity index (χ4v) is 4.98. The first-order valence-corrected chi connectivity index (χ1v) is 12.5. The molecule has 38 heavy (non-hydrogen) atoms. The predicted molar refractivity (Wildman–Crippen MR) is 141 cm³/mol. The minimum atomic E-state index is -1.46. The summed E-state index contributed by atoms with van der Waals surface area (Å²) in [6, 6.07) is 12.6. The van der Waals surface area contributed by atoms with Crippen LogP contribution in [0.3, 0.4) is 0 Å². The number of pyridine rings is 1. The van der Waals surface area contributed by atoms with E-state index in [2.05, 4.69) is 0 Å². The highest BCUT2D eigenvalue weighted by Crippen LogP contribution is 2.44. The third-order valence-corrected chi connectivity index (χ3v) is 7.41. The van der Waals surface area contributed by atoms with E-state index in [9.17, 15) is 19.5 Å². The summed E-state index contributed by atoms with van der Waals surface area (Å²) in [5, 5.41) is 11.5. The number of hydrogen-bond donors (Lipinski definition) is 2. The highest BCUT2D eigenvalue weighted by molar-refractivity contribution is 6.47. The quantitative estimate of drug-likeness (QED) is 0.360. The molecule has 196 valence electrons. The number of aliphatic hydroxyl groups is 1. The number of nitrogens with zero attached hydrogens (tertiary/aromatic N) is 1. The second kappa shape index (κ2) is 9.15. The Morgan fingerprint density at radius 2 is 1.92 bits per heavy atom. The smallest absolute Gasteiger partial charge is 0.229 e. The molecule has 0 spiro atoms. The lowest BCUT2D eigenvalue weighted by Gasteiger charge is -2.25. The molecule has 1 aliphatic carbocycles. The molecule has 0 radical (unpaired) electrons. The zero-order valence-corrected chi connectivity index (χ0v) is 21.9. The summed E-state index contributed by atoms with van der Waals surface area (Å²) < 4.78 is 11.3. The molecule has 0 saturated carbocycles. The molecule has 0 bridgehead atoms. The van der Waals surface area contributed by atoms with Crippen molar-refractivity contribution in [2.45, 2.75) is 51.2 Å². The van der Waals surface area contributed by atoms with E-state index >= 15 is 0 Å². The van der Waals surface area contributed by atoms with Gasteiger partial charge < -0.3 is 20.3 Å². The highest BCUT2D eigenvalue weighted by Gasteiger charge is 2.38. The van der Waals surface area contributed by atoms with E-state index in [4.69, 9.17) is 20.2 Å². The Balaban J connectivity index is 1.45. The summed E-state index contributed by atoms with van der Waals surface area (Å²) in [6.07, 6.45) is 0.0170. The lowest BCUT2D eigenvalue weighted by atomic mass is 9.87. The van der Waals surface area contributed by atoms with Gasteiger partial charge in [-0.05, 0) is 45.4 Å². The molecule has 2 aromatic carbocycles. The Kier molecular flexibility index (Phi) is 6.20. The van der Waals surface area contributed by atoms with Crippen LogP contribution < -0.4 is 15.2 Å². The number of ether oxygens (including phenoxy) is 2. The molecule has 5 rings (SSSR count). The number of fused-ring (bicyclic) bond motifs is 2. The van der Waals surface area contributed by atoms with Crippen LogP contribution in [-0.4, -0.2) is 41.2 Å². The monoisotopic (exact) mass is 514 g/mol. The first-order valence-electron chi connectivity index (χ1n) is 12.5. The fraction of sp³-hybridized carbons (Fsp3) is 0.333. The molecular weight excluding hydrogens is 484 g/mol. The topological polar surface area (TPSA) is 129 Å². The van der Waals surface area contributed by atoms with Crippen molar-refractivity contribution >= 4 is 17.3 Å². The van der Waals surface area contributed by atoms with Crippen molar-refractivity contribution in [1.82, 2.24) is 4.98 Å². The number of Topliss-reactive ketones (excluding diaryl/α,β-unsaturated/α-hetero) is 3. The van der Waals surface area contributed by atoms with Gasteiger partial charge in [-0.15, -0.1) is 0 Å². The highest BCUT2D eigenvalue weighted by atomic mass is 16.5. The van der Waals surface area contributed by atoms with Crippen molar-refractivity contribution in [3.8, 4) is 22.8 Å². The number of aryl methyl sites for hydroxylation is 1. The molecule has 2 unspecified atom stereocenters. The molecule has 0 fully saturated rings. The number of nitrogens with two attached hydrogens (primary N) is 1. The van der Waals surface area contributed by atoms with Crippen LogP contribution in [0.4, 0.5) is 0 Å². The second-order valence-electron chi connectivity index (χ2n) is 10.6. The third-order valence-electron chi connectivity index (χ3n) is 7.41. The first kappa shape index (κ1) is 25.8. The average Bonchev–Trinajstić information content (AvgIpc) is 3.36. The van der Waals surface area contributed by atoms with E-state index < -0.39 is 22.7 Å². The zero-order valence-electron chi connectivity index (χ0n) is 21.9. The van der Waals surface area contributed by atoms with E-state index in [-0.39, 0.29) is 42.8 Å². The summed E-state index contributed by atoms with van der Waals surface area (Å²) >= 11 is 0. The second-order valence-corrected chi connectivity index (χ2v) is 10.6. The van der Waals surface area contributed by atoms with Crippen molar-refractivity contribution in [3.63, 3.8) is 0 Å². The van der Waals surface area contributed by atoms with Gasteiger partial charge in [0.2, 0.25) is 11.6 Å². The number of ketones is 3. The number of hydrogen-bond acceptors (Lipinski definition) is 8. The van der Waals surface area contributed by atoms with Gasteiger partial charge in [0.1, 0.15) is 23.7 Å². The van der Waals surface area contributed by atoms with E-state index in [1.54, 1.807) is 19.1 Å². The van der Waals surface area contributed by atoms with Gasteiger partial charge in [-0.3, -0.25) is 14.4 Å². The Bertz CT molecular complexity index is 1490. The van der Waals surface area contributed by atoms with Crippen LogP contribution in [0.1, 0.15) is 69.8 Å². The summed E-state index contributed by atoms with van der Waals surface area (Å²) in [7, 11) is 1.43. The normalized spacial score (nSPS) is 19.5. The third kappa shape index (κ3) is 4.40. The van der Waals surface area contributed by atoms with Crippen molar-refractivity contribution in [3.05, 3.63) is 76.0 Å². The number of methoxy groups -OCH3 is 1. The number of benzene rings is 2. The Morgan fingerprint density at radius 1 is 1.21 bits per heavy atom. The lowest BCUT2D eigenvalue weighted by Crippen LogP contribution is -2.35. The largest absolute Gasteiger partial charge is 0.496 e. The summed E-state index contributed by atoms with van der Waals surface area (Å²) in [4.78, 5) is 42.1. The summed E-state index contributed by atoms with van der Waals surface area (Å²) in [6.45, 7) is 5.77. The maximum absolute atomic E-state index is 13.2. The maximum atomic E-state index is 13.2. The summed E-state index contributed by atoms with van der Waals surface area (Å²) in [5.41, 5.74) is 8.91. The lowest BCUT2D eigenvalue weighted by molar-refractivity contribution is -0.114. The number of rotatable bonds is 7. The van der Waals surface area contributed by atoms with Gasteiger partial charge in [-0.1, -0.05) is 29.8 Å². The van der Waals surface area contributed by atoms with Crippen LogP contribution >= 0.6 is 0 Å². The predicted octanol–water partition coefficient (Wildman–Crippen LogP) is 3.81. The molecule has 2 aliphatic rings. The van der Waals surface area contributed by atoms with E-state index in [0.29, 0.717) is 28.5 Å². The van der Waals surface area contributed by atoms with Crippen molar-refractivity contribution in [2.75, 3.05) is 13.7 Å². The molecule has 2 heterocycles. The SMILES string of the molecule is COc1cc(C(=O)CCC(C)(O)c2cc3c(c(-c4ccc(C)cc4)n2)OCC3(C)N)cc2c1CC(=O)C2=O. The average molecular weight is 515 g/mol. The summed E-state index contributed by atoms with van der Waals surface area (Å²) in [5.74, 6) is -0.488. The fourth-order valence-electron chi connectivity index (χ4n) is 4.98. The molecule has 8 heteroatoms. The van der Waals surface area contributed by atoms with Crippen LogP contribution in [0.2, 0.25) is 0 Å². The van der Waals surface area contributed by atoms with Gasteiger partial charge in [0.15, 0.2) is 11.5 Å². The van der Waals surface area contributed by atoms with E-state index in [1.807, 2.05) is 38.1 Å². The number of carbonyl (C=O) groups excluding carboxylic acids is 3. The van der Waals surface area contributed by atoms with Crippen LogP contribution in [0.25, 0.3) is 11.3 Å². The molecule has 0 amide bonds. The van der Waals surface area contributed by atoms with Gasteiger partial charge >= 0.3 is 0 Å². The maximum Gasteiger partial charge on any atom is 0.229 e. The molecule has 8 nitrogen and oxygen atoms in total. The minimum absolute atomic E-state index is 0.0217. The van der Waals surface area contributed by atoms with Crippen molar-refractivity contribution in [1.29, 1.82) is 0 Å². The van der Waals surface area contributed by atoms with Gasteiger partial charge in [0.25, 0.3) is 0 Å². The molecular formula is C30H30N2O6. The molecule has 0 saturated heterocycles. The van der Waals surface area contributed by atoms with E-state index in [1.165, 1.54) is 13.2 Å². The van der Waals surface area contributed by atoms with Gasteiger partial charge in [0.05, 0.1) is 18.3 Å². The van der Waals surface area contributed by atoms with Crippen molar-refractivity contribution in [2.24, 2.45) is 5.73 Å². The molecule has 3 aromatic rings. The molecule has 2 atom stereocenters. The Labute approximate surface area is 220 Å². The van der Waals surface area contributed by atoms with Gasteiger partial charge in [-0.2, -0.15) is 0 Å². The zero-order chi connectivity index (χ0) is 27.4. The standard InChI is InChI=1S/C30H30N2O6/c1-16-5-7-17(8-6-16)26-28-21(29(2,31)15-38-28)14-25(32-26)30(3,36)10-9-22(33)18-11-20-19(24(12-18)37-4)13-23(34)27(20)35/h5-8,11-12,14,36H,9-10,13,15,31H2,1-4H3. The van der Waals surface area contributed by atoms with Crippen LogP contribution in [0.5, 0.6) is 11.5 Å². The van der Waals surface area contributed by atoms with Crippen LogP contribution in [0, 0.1) is 6.92 Å². The Morgan fingerprint density at radius 3 is 2.61 bits per heavy atom. The van der Waals surface area contributed by atoms with Gasteiger partial charge in [-0.25, -0.2) is 4.98 Å². The van der Waals surface area contributed by atoms with Crippen LogP contribution in [-0.2, 0) is 22.4 Å². The number of carbonyl (C=O) groups is 3. The minimum Gasteiger partial charge on any atom is -0.496 e. The van der Waals surface area contributed by atoms with Crippen molar-refractivity contribution < 1.29 is 29.0 Å². The molecule has 1 aliphatic heterocycles.